The SMILES string of the molecule is N#Cc1cccc(CCN2C(=O)C3CC2C3)c1. The van der Waals surface area contributed by atoms with E-state index in [9.17, 15) is 4.79 Å². The Morgan fingerprint density at radius 1 is 1.41 bits per heavy atom. The fourth-order valence-corrected chi connectivity index (χ4v) is 2.80. The highest BCUT2D eigenvalue weighted by Crippen LogP contribution is 2.41. The van der Waals surface area contributed by atoms with Crippen molar-refractivity contribution in [1.82, 2.24) is 4.90 Å². The van der Waals surface area contributed by atoms with Gasteiger partial charge in [0.15, 0.2) is 0 Å². The summed E-state index contributed by atoms with van der Waals surface area (Å²) in [5, 5.41) is 8.82. The molecule has 1 saturated carbocycles. The second-order valence-electron chi connectivity index (χ2n) is 4.92. The lowest BCUT2D eigenvalue weighted by molar-refractivity contribution is -0.128. The lowest BCUT2D eigenvalue weighted by atomic mass is 9.86. The van der Waals surface area contributed by atoms with Gasteiger partial charge in [-0.3, -0.25) is 4.79 Å². The quantitative estimate of drug-likeness (QED) is 0.787. The fraction of sp³-hybridized carbons (Fsp3) is 0.429. The lowest BCUT2D eigenvalue weighted by Gasteiger charge is -2.24. The molecule has 2 heterocycles. The molecular weight excluding hydrogens is 212 g/mol. The number of amides is 1. The standard InChI is InChI=1S/C14H14N2O/c15-9-11-3-1-2-10(6-11)4-5-16-13-7-12(8-13)14(16)17/h1-3,6,12-13H,4-5,7-8H2. The zero-order chi connectivity index (χ0) is 11.8. The molecule has 1 aliphatic carbocycles. The number of carbonyl (C=O) groups excluding carboxylic acids is 1. The predicted octanol–water partition coefficient (Wildman–Crippen LogP) is 1.72. The number of hydrogen-bond donors (Lipinski definition) is 0. The second kappa shape index (κ2) is 3.89. The molecule has 0 radical (unpaired) electrons. The van der Waals surface area contributed by atoms with Crippen molar-refractivity contribution in [2.45, 2.75) is 25.3 Å². The molecule has 4 rings (SSSR count). The van der Waals surface area contributed by atoms with Crippen LogP contribution in [0.25, 0.3) is 0 Å². The molecule has 0 N–H and O–H groups in total. The molecule has 2 saturated heterocycles. The van der Waals surface area contributed by atoms with Crippen LogP contribution in [0, 0.1) is 17.2 Å². The van der Waals surface area contributed by atoms with Crippen molar-refractivity contribution in [2.75, 3.05) is 6.54 Å². The van der Waals surface area contributed by atoms with Crippen LogP contribution in [0.5, 0.6) is 0 Å². The molecule has 0 atom stereocenters. The highest BCUT2D eigenvalue weighted by Gasteiger charge is 2.49. The van der Waals surface area contributed by atoms with Crippen LogP contribution in [-0.4, -0.2) is 23.4 Å². The predicted molar refractivity (Wildman–Crippen MR) is 63.1 cm³/mol. The summed E-state index contributed by atoms with van der Waals surface area (Å²) in [5.74, 6) is 0.664. The summed E-state index contributed by atoms with van der Waals surface area (Å²) in [4.78, 5) is 13.8. The van der Waals surface area contributed by atoms with Crippen molar-refractivity contribution >= 4 is 5.91 Å². The Balaban J connectivity index is 1.64. The zero-order valence-electron chi connectivity index (χ0n) is 9.60. The van der Waals surface area contributed by atoms with E-state index in [1.54, 1.807) is 6.07 Å². The van der Waals surface area contributed by atoms with E-state index in [0.29, 0.717) is 23.4 Å². The molecule has 0 unspecified atom stereocenters. The van der Waals surface area contributed by atoms with E-state index in [1.165, 1.54) is 0 Å². The molecule has 3 aliphatic rings. The molecule has 0 spiro atoms. The first-order valence-electron chi connectivity index (χ1n) is 6.07. The van der Waals surface area contributed by atoms with Gasteiger partial charge in [0, 0.05) is 18.5 Å². The van der Waals surface area contributed by atoms with E-state index < -0.39 is 0 Å². The first kappa shape index (κ1) is 10.3. The van der Waals surface area contributed by atoms with Gasteiger partial charge in [-0.25, -0.2) is 0 Å². The summed E-state index contributed by atoms with van der Waals surface area (Å²) in [6, 6.07) is 10.3. The maximum atomic E-state index is 11.8. The lowest BCUT2D eigenvalue weighted by Crippen LogP contribution is -2.31. The molecule has 1 aromatic rings. The van der Waals surface area contributed by atoms with Crippen LogP contribution < -0.4 is 0 Å². The van der Waals surface area contributed by atoms with Crippen LogP contribution in [0.4, 0.5) is 0 Å². The monoisotopic (exact) mass is 226 g/mol. The third-order valence-electron chi connectivity index (χ3n) is 3.88. The van der Waals surface area contributed by atoms with Crippen molar-refractivity contribution in [2.24, 2.45) is 5.92 Å². The van der Waals surface area contributed by atoms with Crippen LogP contribution in [0.2, 0.25) is 0 Å². The summed E-state index contributed by atoms with van der Waals surface area (Å²) in [6.07, 6.45) is 2.98. The Morgan fingerprint density at radius 3 is 2.88 bits per heavy atom. The maximum absolute atomic E-state index is 11.8. The summed E-state index contributed by atoms with van der Waals surface area (Å²) in [5.41, 5.74) is 1.83. The molecule has 17 heavy (non-hydrogen) atoms. The summed E-state index contributed by atoms with van der Waals surface area (Å²) >= 11 is 0. The molecule has 1 amide bonds. The number of nitriles is 1. The fourth-order valence-electron chi connectivity index (χ4n) is 2.80. The summed E-state index contributed by atoms with van der Waals surface area (Å²) in [7, 11) is 0. The zero-order valence-corrected chi connectivity index (χ0v) is 9.60. The first-order valence-corrected chi connectivity index (χ1v) is 6.07. The van der Waals surface area contributed by atoms with E-state index >= 15 is 0 Å². The van der Waals surface area contributed by atoms with Gasteiger partial charge in [0.25, 0.3) is 0 Å². The minimum absolute atomic E-state index is 0.324. The van der Waals surface area contributed by atoms with Crippen molar-refractivity contribution in [3.05, 3.63) is 35.4 Å². The van der Waals surface area contributed by atoms with Crippen LogP contribution in [0.15, 0.2) is 24.3 Å². The van der Waals surface area contributed by atoms with E-state index in [1.807, 2.05) is 23.1 Å². The number of hydrogen-bond acceptors (Lipinski definition) is 2. The molecule has 1 aromatic carbocycles. The van der Waals surface area contributed by atoms with Gasteiger partial charge < -0.3 is 4.90 Å². The second-order valence-corrected chi connectivity index (χ2v) is 4.92. The Bertz CT molecular complexity index is 497. The van der Waals surface area contributed by atoms with Gasteiger partial charge in [-0.15, -0.1) is 0 Å². The van der Waals surface area contributed by atoms with E-state index in [-0.39, 0.29) is 0 Å². The van der Waals surface area contributed by atoms with E-state index in [0.717, 1.165) is 31.4 Å². The minimum Gasteiger partial charge on any atom is -0.339 e. The number of rotatable bonds is 3. The average molecular weight is 226 g/mol. The average Bonchev–Trinajstić information content (AvgIpc) is 2.77. The van der Waals surface area contributed by atoms with Gasteiger partial charge in [-0.1, -0.05) is 12.1 Å². The number of carbonyl (C=O) groups is 1. The highest BCUT2D eigenvalue weighted by atomic mass is 16.2. The largest absolute Gasteiger partial charge is 0.339 e. The maximum Gasteiger partial charge on any atom is 0.226 e. The molecular formula is C14H14N2O. The topological polar surface area (TPSA) is 44.1 Å². The molecule has 3 heteroatoms. The van der Waals surface area contributed by atoms with Gasteiger partial charge in [-0.05, 0) is 37.0 Å². The van der Waals surface area contributed by atoms with Gasteiger partial charge in [0.1, 0.15) is 0 Å². The van der Waals surface area contributed by atoms with E-state index in [4.69, 9.17) is 5.26 Å². The Labute approximate surface area is 101 Å². The van der Waals surface area contributed by atoms with Crippen LogP contribution in [-0.2, 0) is 11.2 Å². The summed E-state index contributed by atoms with van der Waals surface area (Å²) < 4.78 is 0. The molecule has 2 bridgehead atoms. The smallest absolute Gasteiger partial charge is 0.226 e. The number of fused-ring (bicyclic) bond motifs is 1. The normalized spacial score (nSPS) is 25.6. The molecule has 3 fully saturated rings. The Hall–Kier alpha value is -1.82. The van der Waals surface area contributed by atoms with Crippen molar-refractivity contribution < 1.29 is 4.79 Å². The highest BCUT2D eigenvalue weighted by molar-refractivity contribution is 5.84. The van der Waals surface area contributed by atoms with Crippen LogP contribution >= 0.6 is 0 Å². The van der Waals surface area contributed by atoms with Crippen molar-refractivity contribution in [1.29, 1.82) is 5.26 Å². The van der Waals surface area contributed by atoms with Crippen molar-refractivity contribution in [3.63, 3.8) is 0 Å². The third kappa shape index (κ3) is 1.70. The van der Waals surface area contributed by atoms with Crippen LogP contribution in [0.3, 0.4) is 0 Å². The van der Waals surface area contributed by atoms with Gasteiger partial charge >= 0.3 is 0 Å². The molecule has 2 aliphatic heterocycles. The van der Waals surface area contributed by atoms with E-state index in [2.05, 4.69) is 6.07 Å². The van der Waals surface area contributed by atoms with Gasteiger partial charge in [0.05, 0.1) is 11.6 Å². The van der Waals surface area contributed by atoms with Crippen molar-refractivity contribution in [3.8, 4) is 6.07 Å². The molecule has 3 nitrogen and oxygen atoms in total. The van der Waals surface area contributed by atoms with Gasteiger partial charge in [0.2, 0.25) is 5.91 Å². The molecule has 0 aromatic heterocycles. The third-order valence-corrected chi connectivity index (χ3v) is 3.88. The number of nitrogens with zero attached hydrogens (tertiary/aromatic N) is 2. The van der Waals surface area contributed by atoms with Crippen LogP contribution in [0.1, 0.15) is 24.0 Å². The molecule has 86 valence electrons. The first-order chi connectivity index (χ1) is 8.28. The Kier molecular flexibility index (Phi) is 2.36. The Morgan fingerprint density at radius 2 is 2.24 bits per heavy atom. The van der Waals surface area contributed by atoms with Gasteiger partial charge in [-0.2, -0.15) is 5.26 Å². The summed E-state index contributed by atoms with van der Waals surface area (Å²) in [6.45, 7) is 0.800. The number of benzene rings is 1. The minimum atomic E-state index is 0.324.